The molecule has 8 heteroatoms. The van der Waals surface area contributed by atoms with Crippen LogP contribution in [0, 0.1) is 11.8 Å². The first kappa shape index (κ1) is 46.5. The number of hydrogen-bond acceptors (Lipinski definition) is 6. The molecule has 238 valence electrons. The molecule has 0 fully saturated rings. The van der Waals surface area contributed by atoms with Crippen molar-refractivity contribution < 1.29 is 166 Å². The van der Waals surface area contributed by atoms with Crippen molar-refractivity contribution in [2.45, 2.75) is 0 Å². The van der Waals surface area contributed by atoms with Crippen molar-refractivity contribution in [1.82, 2.24) is 0 Å². The Morgan fingerprint density at radius 2 is 0.522 bits per heavy atom. The molecule has 0 saturated carbocycles. The summed E-state index contributed by atoms with van der Waals surface area (Å²) < 4.78 is 29.2. The van der Waals surface area contributed by atoms with Crippen molar-refractivity contribution in [3.8, 4) is 0 Å². The van der Waals surface area contributed by atoms with Crippen LogP contribution in [0.4, 0.5) is 0 Å². The van der Waals surface area contributed by atoms with Gasteiger partial charge in [0.25, 0.3) is 0 Å². The standard InChI is InChI=1S/C26H20.2C6H14O3.2Cs/c1-5-13-21(14-6-1)25(22-15-7-2-8-16-22)26(23-17-9-3-10-18-23)24-19-11-4-12-20-24;2*1-7-3-5-9-6-4-8-2;;/h1-20H;2*3-6H2,1-2H3;;/q-2;;;2*+1. The summed E-state index contributed by atoms with van der Waals surface area (Å²) in [5, 5.41) is 0. The maximum absolute atomic E-state index is 5.06. The summed E-state index contributed by atoms with van der Waals surface area (Å²) in [5.74, 6) is 2.51. The molecule has 0 unspecified atom stereocenters. The monoisotopic (exact) mass is 866 g/mol. The SMILES string of the molecule is COCCOCCOC.COCCOCCOC.[Cs+].[Cs+].c1ccc([C-](c2ccccc2)[C-](c2ccccc2)c2ccccc2)cc1. The Bertz CT molecular complexity index is 985. The zero-order valence-electron chi connectivity index (χ0n) is 28.7. The van der Waals surface area contributed by atoms with Crippen LogP contribution in [0.3, 0.4) is 0 Å². The minimum Gasteiger partial charge on any atom is -0.382 e. The van der Waals surface area contributed by atoms with E-state index in [9.17, 15) is 0 Å². The van der Waals surface area contributed by atoms with E-state index in [1.54, 1.807) is 28.4 Å². The predicted molar refractivity (Wildman–Crippen MR) is 178 cm³/mol. The van der Waals surface area contributed by atoms with Crippen molar-refractivity contribution >= 4 is 0 Å². The van der Waals surface area contributed by atoms with E-state index in [0.29, 0.717) is 52.9 Å². The summed E-state index contributed by atoms with van der Waals surface area (Å²) in [6.07, 6.45) is 0. The molecule has 0 aliphatic rings. The van der Waals surface area contributed by atoms with Crippen molar-refractivity contribution in [3.05, 3.63) is 155 Å². The van der Waals surface area contributed by atoms with E-state index in [4.69, 9.17) is 28.4 Å². The van der Waals surface area contributed by atoms with Gasteiger partial charge in [0, 0.05) is 28.4 Å². The van der Waals surface area contributed by atoms with Crippen LogP contribution in [0.15, 0.2) is 121 Å². The zero-order chi connectivity index (χ0) is 31.5. The number of benzene rings is 4. The first-order chi connectivity index (χ1) is 21.8. The van der Waals surface area contributed by atoms with E-state index < -0.39 is 0 Å². The van der Waals surface area contributed by atoms with Gasteiger partial charge in [-0.2, -0.15) is 0 Å². The van der Waals surface area contributed by atoms with Gasteiger partial charge in [0.15, 0.2) is 0 Å². The molecule has 46 heavy (non-hydrogen) atoms. The number of ether oxygens (including phenoxy) is 6. The zero-order valence-corrected chi connectivity index (χ0v) is 41.2. The van der Waals surface area contributed by atoms with E-state index in [0.717, 1.165) is 0 Å². The summed E-state index contributed by atoms with van der Waals surface area (Å²) in [7, 11) is 6.61. The number of rotatable bonds is 17. The van der Waals surface area contributed by atoms with E-state index in [1.165, 1.54) is 34.1 Å². The third-order valence-corrected chi connectivity index (χ3v) is 6.23. The van der Waals surface area contributed by atoms with Crippen molar-refractivity contribution in [1.29, 1.82) is 0 Å². The van der Waals surface area contributed by atoms with Gasteiger partial charge in [-0.1, -0.05) is 72.8 Å². The van der Waals surface area contributed by atoms with E-state index in [2.05, 4.69) is 121 Å². The molecule has 0 saturated heterocycles. The second-order valence-electron chi connectivity index (χ2n) is 9.41. The molecule has 0 aliphatic carbocycles. The summed E-state index contributed by atoms with van der Waals surface area (Å²) in [4.78, 5) is 0. The third-order valence-electron chi connectivity index (χ3n) is 6.23. The van der Waals surface area contributed by atoms with Gasteiger partial charge in [-0.3, -0.25) is 0 Å². The molecule has 4 rings (SSSR count). The van der Waals surface area contributed by atoms with Crippen LogP contribution in [0.1, 0.15) is 22.3 Å². The molecule has 0 heterocycles. The van der Waals surface area contributed by atoms with Crippen molar-refractivity contribution in [2.24, 2.45) is 0 Å². The number of hydrogen-bond donors (Lipinski definition) is 0. The average Bonchev–Trinajstić information content (AvgIpc) is 3.09. The molecule has 0 aromatic heterocycles. The molecule has 6 nitrogen and oxygen atoms in total. The Labute approximate surface area is 395 Å². The van der Waals surface area contributed by atoms with Crippen LogP contribution in [-0.2, 0) is 28.4 Å². The van der Waals surface area contributed by atoms with Crippen LogP contribution in [-0.4, -0.2) is 81.3 Å². The van der Waals surface area contributed by atoms with Crippen molar-refractivity contribution in [3.63, 3.8) is 0 Å². The normalized spacial score (nSPS) is 9.74. The molecular formula is C38H48Cs2O6. The first-order valence-corrected chi connectivity index (χ1v) is 14.8. The smallest absolute Gasteiger partial charge is 0.382 e. The third kappa shape index (κ3) is 20.2. The summed E-state index contributed by atoms with van der Waals surface area (Å²) in [6, 6.07) is 42.6. The van der Waals surface area contributed by atoms with Gasteiger partial charge in [0.05, 0.1) is 52.9 Å². The molecule has 0 radical (unpaired) electrons. The second kappa shape index (κ2) is 32.7. The number of methoxy groups -OCH3 is 4. The van der Waals surface area contributed by atoms with Gasteiger partial charge in [-0.05, 0) is 0 Å². The van der Waals surface area contributed by atoms with E-state index >= 15 is 0 Å². The average molecular weight is 867 g/mol. The van der Waals surface area contributed by atoms with Gasteiger partial charge < -0.3 is 28.4 Å². The second-order valence-corrected chi connectivity index (χ2v) is 9.41. The quantitative estimate of drug-likeness (QED) is 0.117. The fourth-order valence-corrected chi connectivity index (χ4v) is 4.10. The van der Waals surface area contributed by atoms with Crippen LogP contribution in [0.25, 0.3) is 0 Å². The van der Waals surface area contributed by atoms with Crippen LogP contribution in [0.5, 0.6) is 0 Å². The Morgan fingerprint density at radius 3 is 0.696 bits per heavy atom. The molecule has 0 N–H and O–H groups in total. The largest absolute Gasteiger partial charge is 1.00 e. The summed E-state index contributed by atoms with van der Waals surface area (Å²) in [5.41, 5.74) is 4.89. The fraction of sp³-hybridized carbons (Fsp3) is 0.316. The van der Waals surface area contributed by atoms with Crippen LogP contribution >= 0.6 is 0 Å². The Hall–Kier alpha value is 0.484. The topological polar surface area (TPSA) is 55.4 Å². The Morgan fingerprint density at radius 1 is 0.326 bits per heavy atom. The molecular weight excluding hydrogens is 818 g/mol. The van der Waals surface area contributed by atoms with E-state index in [1.807, 2.05) is 0 Å². The maximum atomic E-state index is 5.06. The molecule has 4 aromatic carbocycles. The minimum atomic E-state index is 0. The van der Waals surface area contributed by atoms with Gasteiger partial charge >= 0.3 is 138 Å². The van der Waals surface area contributed by atoms with Gasteiger partial charge in [-0.15, -0.1) is 82.6 Å². The molecule has 0 aliphatic heterocycles. The van der Waals surface area contributed by atoms with Gasteiger partial charge in [-0.25, -0.2) is 0 Å². The van der Waals surface area contributed by atoms with Gasteiger partial charge in [0.2, 0.25) is 0 Å². The van der Waals surface area contributed by atoms with Crippen LogP contribution < -0.4 is 138 Å². The maximum Gasteiger partial charge on any atom is 1.00 e. The molecule has 0 bridgehead atoms. The summed E-state index contributed by atoms with van der Waals surface area (Å²) >= 11 is 0. The van der Waals surface area contributed by atoms with Crippen molar-refractivity contribution in [2.75, 3.05) is 81.3 Å². The summed E-state index contributed by atoms with van der Waals surface area (Å²) in [6.45, 7) is 5.24. The van der Waals surface area contributed by atoms with E-state index in [-0.39, 0.29) is 138 Å². The first-order valence-electron chi connectivity index (χ1n) is 14.8. The Kier molecular flexibility index (Phi) is 33.0. The van der Waals surface area contributed by atoms with Gasteiger partial charge in [0.1, 0.15) is 0 Å². The molecule has 0 amide bonds. The molecule has 4 aromatic rings. The minimum absolute atomic E-state index is 0. The van der Waals surface area contributed by atoms with Crippen LogP contribution in [0.2, 0.25) is 0 Å². The Balaban J connectivity index is 0.000000847. The predicted octanol–water partition coefficient (Wildman–Crippen LogP) is 0.928. The molecule has 0 spiro atoms. The fourth-order valence-electron chi connectivity index (χ4n) is 4.10. The molecule has 0 atom stereocenters.